The average molecular weight is 270 g/mol. The maximum absolute atomic E-state index is 4.46. The summed E-state index contributed by atoms with van der Waals surface area (Å²) in [5.41, 5.74) is 1.01. The third-order valence-electron chi connectivity index (χ3n) is 3.24. The number of hydrogen-bond donors (Lipinski definition) is 1. The van der Waals surface area contributed by atoms with E-state index < -0.39 is 0 Å². The average Bonchev–Trinajstić information content (AvgIpc) is 2.96. The molecular formula is C14H18N6. The van der Waals surface area contributed by atoms with Crippen molar-refractivity contribution in [2.75, 3.05) is 20.1 Å². The Bertz CT molecular complexity index is 589. The Labute approximate surface area is 118 Å². The van der Waals surface area contributed by atoms with Crippen molar-refractivity contribution in [3.8, 4) is 5.69 Å². The van der Waals surface area contributed by atoms with Gasteiger partial charge in [-0.1, -0.05) is 18.2 Å². The first-order chi connectivity index (χ1) is 9.83. The van der Waals surface area contributed by atoms with Crippen LogP contribution in [0.3, 0.4) is 0 Å². The van der Waals surface area contributed by atoms with Crippen LogP contribution in [-0.2, 0) is 6.54 Å². The zero-order valence-corrected chi connectivity index (χ0v) is 11.5. The van der Waals surface area contributed by atoms with Crippen LogP contribution in [0.15, 0.2) is 41.7 Å². The Balaban J connectivity index is 1.65. The summed E-state index contributed by atoms with van der Waals surface area (Å²) < 4.78 is 1.78. The van der Waals surface area contributed by atoms with Gasteiger partial charge in [0.15, 0.2) is 11.8 Å². The maximum atomic E-state index is 4.46. The number of nitrogens with one attached hydrogen (secondary N) is 1. The van der Waals surface area contributed by atoms with Gasteiger partial charge in [0.1, 0.15) is 6.33 Å². The first kappa shape index (κ1) is 12.7. The SMILES string of the molecule is CN1CCCN=C1NCc1ncn(-c2ccccc2)n1. The van der Waals surface area contributed by atoms with E-state index in [1.807, 2.05) is 37.4 Å². The molecule has 0 saturated carbocycles. The molecule has 1 aliphatic heterocycles. The minimum atomic E-state index is 0.586. The topological polar surface area (TPSA) is 58.3 Å². The van der Waals surface area contributed by atoms with Gasteiger partial charge in [-0.25, -0.2) is 9.67 Å². The van der Waals surface area contributed by atoms with Crippen LogP contribution in [0, 0.1) is 0 Å². The highest BCUT2D eigenvalue weighted by Crippen LogP contribution is 2.05. The highest BCUT2D eigenvalue weighted by molar-refractivity contribution is 5.80. The van der Waals surface area contributed by atoms with Gasteiger partial charge >= 0.3 is 0 Å². The van der Waals surface area contributed by atoms with Gasteiger partial charge in [-0.05, 0) is 18.6 Å². The number of aliphatic imine (C=N–C) groups is 1. The number of nitrogens with zero attached hydrogens (tertiary/aromatic N) is 5. The Hall–Kier alpha value is -2.37. The second kappa shape index (κ2) is 5.73. The fraction of sp³-hybridized carbons (Fsp3) is 0.357. The zero-order chi connectivity index (χ0) is 13.8. The van der Waals surface area contributed by atoms with Gasteiger partial charge in [-0.3, -0.25) is 4.99 Å². The molecule has 1 N–H and O–H groups in total. The van der Waals surface area contributed by atoms with Crippen molar-refractivity contribution in [2.45, 2.75) is 13.0 Å². The monoisotopic (exact) mass is 270 g/mol. The van der Waals surface area contributed by atoms with Crippen LogP contribution in [0.1, 0.15) is 12.2 Å². The van der Waals surface area contributed by atoms with Crippen LogP contribution in [0.5, 0.6) is 0 Å². The van der Waals surface area contributed by atoms with Crippen LogP contribution in [0.4, 0.5) is 0 Å². The summed E-state index contributed by atoms with van der Waals surface area (Å²) in [7, 11) is 2.04. The second-order valence-corrected chi connectivity index (χ2v) is 4.77. The van der Waals surface area contributed by atoms with E-state index in [0.29, 0.717) is 6.54 Å². The van der Waals surface area contributed by atoms with Gasteiger partial charge in [-0.15, -0.1) is 5.10 Å². The van der Waals surface area contributed by atoms with Crippen molar-refractivity contribution >= 4 is 5.96 Å². The largest absolute Gasteiger partial charge is 0.349 e. The predicted octanol–water partition coefficient (Wildman–Crippen LogP) is 1.05. The molecule has 0 spiro atoms. The fourth-order valence-corrected chi connectivity index (χ4v) is 2.15. The van der Waals surface area contributed by atoms with Crippen molar-refractivity contribution in [3.63, 3.8) is 0 Å². The minimum Gasteiger partial charge on any atom is -0.349 e. The minimum absolute atomic E-state index is 0.586. The van der Waals surface area contributed by atoms with Gasteiger partial charge in [0, 0.05) is 20.1 Å². The molecule has 2 heterocycles. The van der Waals surface area contributed by atoms with Crippen LogP contribution in [-0.4, -0.2) is 45.8 Å². The second-order valence-electron chi connectivity index (χ2n) is 4.77. The molecule has 20 heavy (non-hydrogen) atoms. The molecule has 0 unspecified atom stereocenters. The molecular weight excluding hydrogens is 252 g/mol. The third kappa shape index (κ3) is 2.79. The molecule has 0 bridgehead atoms. The van der Waals surface area contributed by atoms with Gasteiger partial charge in [0.25, 0.3) is 0 Å². The Morgan fingerprint density at radius 1 is 1.25 bits per heavy atom. The molecule has 6 nitrogen and oxygen atoms in total. The van der Waals surface area contributed by atoms with Crippen LogP contribution in [0.2, 0.25) is 0 Å². The molecule has 1 aromatic heterocycles. The zero-order valence-electron chi connectivity index (χ0n) is 11.5. The first-order valence-corrected chi connectivity index (χ1v) is 6.78. The lowest BCUT2D eigenvalue weighted by atomic mass is 10.3. The van der Waals surface area contributed by atoms with E-state index in [0.717, 1.165) is 37.0 Å². The molecule has 104 valence electrons. The number of rotatable bonds is 3. The summed E-state index contributed by atoms with van der Waals surface area (Å²) in [6.07, 6.45) is 2.85. The molecule has 3 rings (SSSR count). The summed E-state index contributed by atoms with van der Waals surface area (Å²) in [4.78, 5) is 10.9. The van der Waals surface area contributed by atoms with Gasteiger partial charge in [-0.2, -0.15) is 0 Å². The van der Waals surface area contributed by atoms with Crippen LogP contribution < -0.4 is 5.32 Å². The first-order valence-electron chi connectivity index (χ1n) is 6.78. The molecule has 1 aromatic carbocycles. The Kier molecular flexibility index (Phi) is 3.62. The highest BCUT2D eigenvalue weighted by atomic mass is 15.3. The maximum Gasteiger partial charge on any atom is 0.194 e. The van der Waals surface area contributed by atoms with Crippen molar-refractivity contribution in [2.24, 2.45) is 4.99 Å². The van der Waals surface area contributed by atoms with Crippen LogP contribution >= 0.6 is 0 Å². The molecule has 2 aromatic rings. The van der Waals surface area contributed by atoms with Crippen molar-refractivity contribution < 1.29 is 0 Å². The summed E-state index contributed by atoms with van der Waals surface area (Å²) >= 11 is 0. The molecule has 1 aliphatic rings. The number of guanidine groups is 1. The number of para-hydroxylation sites is 1. The third-order valence-corrected chi connectivity index (χ3v) is 3.24. The van der Waals surface area contributed by atoms with E-state index in [-0.39, 0.29) is 0 Å². The van der Waals surface area contributed by atoms with Gasteiger partial charge < -0.3 is 10.2 Å². The summed E-state index contributed by atoms with van der Waals surface area (Å²) in [6.45, 7) is 2.51. The fourth-order valence-electron chi connectivity index (χ4n) is 2.15. The number of aromatic nitrogens is 3. The summed E-state index contributed by atoms with van der Waals surface area (Å²) in [5.74, 6) is 1.68. The Morgan fingerprint density at radius 2 is 2.10 bits per heavy atom. The molecule has 0 fully saturated rings. The smallest absolute Gasteiger partial charge is 0.194 e. The number of hydrogen-bond acceptors (Lipinski definition) is 5. The van der Waals surface area contributed by atoms with E-state index in [1.165, 1.54) is 0 Å². The molecule has 0 saturated heterocycles. The summed E-state index contributed by atoms with van der Waals surface area (Å²) in [6, 6.07) is 9.97. The van der Waals surface area contributed by atoms with Gasteiger partial charge in [0.05, 0.1) is 12.2 Å². The quantitative estimate of drug-likeness (QED) is 0.905. The summed E-state index contributed by atoms with van der Waals surface area (Å²) in [5, 5.41) is 7.75. The van der Waals surface area contributed by atoms with E-state index >= 15 is 0 Å². The van der Waals surface area contributed by atoms with Crippen molar-refractivity contribution in [3.05, 3.63) is 42.5 Å². The molecule has 6 heteroatoms. The normalized spacial score (nSPS) is 15.1. The lowest BCUT2D eigenvalue weighted by Crippen LogP contribution is -2.41. The standard InChI is InChI=1S/C14H18N6/c1-19-9-5-8-15-14(19)16-10-13-17-11-20(18-13)12-6-3-2-4-7-12/h2-4,6-7,11H,5,8-10H2,1H3,(H,15,16). The van der Waals surface area contributed by atoms with E-state index in [2.05, 4.69) is 25.3 Å². The van der Waals surface area contributed by atoms with Gasteiger partial charge in [0.2, 0.25) is 0 Å². The van der Waals surface area contributed by atoms with Crippen molar-refractivity contribution in [1.29, 1.82) is 0 Å². The number of benzene rings is 1. The lowest BCUT2D eigenvalue weighted by molar-refractivity contribution is 0.445. The highest BCUT2D eigenvalue weighted by Gasteiger charge is 2.11. The molecule has 0 amide bonds. The van der Waals surface area contributed by atoms with Crippen LogP contribution in [0.25, 0.3) is 5.69 Å². The molecule has 0 atom stereocenters. The van der Waals surface area contributed by atoms with E-state index in [9.17, 15) is 0 Å². The Morgan fingerprint density at radius 3 is 2.90 bits per heavy atom. The van der Waals surface area contributed by atoms with E-state index in [1.54, 1.807) is 11.0 Å². The van der Waals surface area contributed by atoms with Crippen molar-refractivity contribution in [1.82, 2.24) is 25.0 Å². The van der Waals surface area contributed by atoms with E-state index in [4.69, 9.17) is 0 Å². The predicted molar refractivity (Wildman–Crippen MR) is 77.7 cm³/mol. The lowest BCUT2D eigenvalue weighted by Gasteiger charge is -2.25. The molecule has 0 radical (unpaired) electrons. The molecule has 0 aliphatic carbocycles.